The number of carbonyl (C=O) groups is 1. The lowest BCUT2D eigenvalue weighted by Gasteiger charge is -2.32. The van der Waals surface area contributed by atoms with Crippen LogP contribution in [0.2, 0.25) is 0 Å². The highest BCUT2D eigenvalue weighted by molar-refractivity contribution is 6.00. The molecule has 0 N–H and O–H groups in total. The molecule has 0 aromatic rings. The maximum atomic E-state index is 10.9. The van der Waals surface area contributed by atoms with E-state index in [2.05, 4.69) is 13.0 Å². The van der Waals surface area contributed by atoms with E-state index in [1.807, 2.05) is 12.2 Å². The second kappa shape index (κ2) is 2.96. The maximum absolute atomic E-state index is 10.9. The third kappa shape index (κ3) is 1.63. The lowest BCUT2D eigenvalue weighted by Crippen LogP contribution is -2.33. The molecule has 2 rings (SSSR count). The summed E-state index contributed by atoms with van der Waals surface area (Å²) in [5.74, 6) is 0.0430. The third-order valence-corrected chi connectivity index (χ3v) is 2.40. The minimum Gasteiger partial charge on any atom is -0.362 e. The molecule has 0 saturated carbocycles. The average molecular weight is 176 g/mol. The molecule has 0 fully saturated rings. The Morgan fingerprint density at radius 3 is 2.69 bits per heavy atom. The predicted octanol–water partition coefficient (Wildman–Crippen LogP) is 1.79. The monoisotopic (exact) mass is 176 g/mol. The van der Waals surface area contributed by atoms with Gasteiger partial charge in [0.15, 0.2) is 5.78 Å². The summed E-state index contributed by atoms with van der Waals surface area (Å²) in [5.41, 5.74) is 0.974. The van der Waals surface area contributed by atoms with E-state index in [0.29, 0.717) is 6.61 Å². The molecule has 0 aromatic heterocycles. The van der Waals surface area contributed by atoms with Crippen molar-refractivity contribution in [2.45, 2.75) is 18.9 Å². The second-order valence-corrected chi connectivity index (χ2v) is 3.56. The molecule has 1 aliphatic heterocycles. The Labute approximate surface area is 77.6 Å². The van der Waals surface area contributed by atoms with Crippen molar-refractivity contribution >= 4 is 5.78 Å². The first-order valence-electron chi connectivity index (χ1n) is 4.42. The van der Waals surface area contributed by atoms with Crippen molar-refractivity contribution in [2.24, 2.45) is 0 Å². The fraction of sp³-hybridized carbons (Fsp3) is 0.364. The third-order valence-electron chi connectivity index (χ3n) is 2.40. The van der Waals surface area contributed by atoms with Gasteiger partial charge in [-0.3, -0.25) is 4.79 Å². The zero-order valence-electron chi connectivity index (χ0n) is 7.62. The van der Waals surface area contributed by atoms with Gasteiger partial charge in [-0.15, -0.1) is 0 Å². The molecule has 0 atom stereocenters. The van der Waals surface area contributed by atoms with Crippen molar-refractivity contribution in [3.05, 3.63) is 36.0 Å². The van der Waals surface area contributed by atoms with Crippen LogP contribution in [0.5, 0.6) is 0 Å². The van der Waals surface area contributed by atoms with Crippen molar-refractivity contribution in [1.82, 2.24) is 0 Å². The molecule has 0 aromatic carbocycles. The molecule has 0 saturated heterocycles. The van der Waals surface area contributed by atoms with Gasteiger partial charge in [-0.05, 0) is 31.2 Å². The Balaban J connectivity index is 2.24. The number of ketones is 1. The number of carbonyl (C=O) groups excluding carboxylic acids is 1. The molecule has 1 spiro atoms. The second-order valence-electron chi connectivity index (χ2n) is 3.56. The molecular formula is C11H12O2. The number of hydrogen-bond donors (Lipinski definition) is 0. The van der Waals surface area contributed by atoms with E-state index < -0.39 is 0 Å². The fourth-order valence-corrected chi connectivity index (χ4v) is 1.67. The highest BCUT2D eigenvalue weighted by Gasteiger charge is 2.29. The smallest absolute Gasteiger partial charge is 0.178 e. The Morgan fingerprint density at radius 2 is 2.08 bits per heavy atom. The summed E-state index contributed by atoms with van der Waals surface area (Å²) in [6, 6.07) is 0. The predicted molar refractivity (Wildman–Crippen MR) is 50.3 cm³/mol. The normalized spacial score (nSPS) is 25.0. The van der Waals surface area contributed by atoms with Crippen LogP contribution in [0.1, 0.15) is 13.3 Å². The van der Waals surface area contributed by atoms with Gasteiger partial charge < -0.3 is 4.74 Å². The number of ether oxygens (including phenoxy) is 1. The van der Waals surface area contributed by atoms with Crippen molar-refractivity contribution in [1.29, 1.82) is 0 Å². The van der Waals surface area contributed by atoms with Gasteiger partial charge in [0.2, 0.25) is 0 Å². The summed E-state index contributed by atoms with van der Waals surface area (Å²) >= 11 is 0. The summed E-state index contributed by atoms with van der Waals surface area (Å²) in [6.07, 6.45) is 9.80. The van der Waals surface area contributed by atoms with Gasteiger partial charge in [-0.25, -0.2) is 0 Å². The lowest BCUT2D eigenvalue weighted by molar-refractivity contribution is -0.110. The highest BCUT2D eigenvalue weighted by Crippen LogP contribution is 2.30. The van der Waals surface area contributed by atoms with Gasteiger partial charge >= 0.3 is 0 Å². The van der Waals surface area contributed by atoms with Crippen LogP contribution >= 0.6 is 0 Å². The van der Waals surface area contributed by atoms with Gasteiger partial charge in [0, 0.05) is 6.42 Å². The summed E-state index contributed by atoms with van der Waals surface area (Å²) in [4.78, 5) is 10.9. The van der Waals surface area contributed by atoms with Crippen molar-refractivity contribution < 1.29 is 9.53 Å². The van der Waals surface area contributed by atoms with E-state index in [-0.39, 0.29) is 11.4 Å². The van der Waals surface area contributed by atoms with Crippen molar-refractivity contribution in [3.8, 4) is 0 Å². The molecule has 2 aliphatic rings. The SMILES string of the molecule is CC1=CCOC2(C=CC(=O)C=C2)C1. The standard InChI is InChI=1S/C11H12O2/c1-9-4-7-13-11(8-9)5-2-10(12)3-6-11/h2-6H,7-8H2,1H3. The van der Waals surface area contributed by atoms with E-state index in [1.165, 1.54) is 5.57 Å². The van der Waals surface area contributed by atoms with Crippen LogP contribution in [0.15, 0.2) is 36.0 Å². The van der Waals surface area contributed by atoms with E-state index in [0.717, 1.165) is 6.42 Å². The molecule has 2 heteroatoms. The van der Waals surface area contributed by atoms with E-state index >= 15 is 0 Å². The number of hydrogen-bond acceptors (Lipinski definition) is 2. The molecule has 1 heterocycles. The molecule has 1 aliphatic carbocycles. The van der Waals surface area contributed by atoms with Crippen LogP contribution in [0.3, 0.4) is 0 Å². The molecule has 0 bridgehead atoms. The molecule has 13 heavy (non-hydrogen) atoms. The quantitative estimate of drug-likeness (QED) is 0.526. The molecule has 68 valence electrons. The first-order chi connectivity index (χ1) is 6.20. The average Bonchev–Trinajstić information content (AvgIpc) is 2.11. The summed E-state index contributed by atoms with van der Waals surface area (Å²) in [5, 5.41) is 0. The Bertz CT molecular complexity index is 305. The van der Waals surface area contributed by atoms with Gasteiger partial charge in [0.25, 0.3) is 0 Å². The lowest BCUT2D eigenvalue weighted by atomic mass is 9.89. The molecule has 2 nitrogen and oxygen atoms in total. The van der Waals surface area contributed by atoms with Crippen LogP contribution in [0.25, 0.3) is 0 Å². The highest BCUT2D eigenvalue weighted by atomic mass is 16.5. The zero-order valence-corrected chi connectivity index (χ0v) is 7.62. The maximum Gasteiger partial charge on any atom is 0.178 e. The topological polar surface area (TPSA) is 26.3 Å². The van der Waals surface area contributed by atoms with Crippen molar-refractivity contribution in [2.75, 3.05) is 6.61 Å². The summed E-state index contributed by atoms with van der Waals surface area (Å²) in [6.45, 7) is 2.72. The number of rotatable bonds is 0. The first-order valence-corrected chi connectivity index (χ1v) is 4.42. The van der Waals surface area contributed by atoms with Crippen LogP contribution in [-0.2, 0) is 9.53 Å². The van der Waals surface area contributed by atoms with Crippen LogP contribution < -0.4 is 0 Å². The van der Waals surface area contributed by atoms with E-state index in [4.69, 9.17) is 4.74 Å². The Morgan fingerprint density at radius 1 is 1.38 bits per heavy atom. The Hall–Kier alpha value is -1.15. The summed E-state index contributed by atoms with van der Waals surface area (Å²) in [7, 11) is 0. The summed E-state index contributed by atoms with van der Waals surface area (Å²) < 4.78 is 5.62. The van der Waals surface area contributed by atoms with Gasteiger partial charge in [0.05, 0.1) is 6.61 Å². The van der Waals surface area contributed by atoms with Crippen LogP contribution in [0, 0.1) is 0 Å². The first kappa shape index (κ1) is 8.45. The van der Waals surface area contributed by atoms with Gasteiger partial charge in [-0.2, -0.15) is 0 Å². The Kier molecular flexibility index (Phi) is 1.93. The van der Waals surface area contributed by atoms with E-state index in [1.54, 1.807) is 12.2 Å². The van der Waals surface area contributed by atoms with Gasteiger partial charge in [-0.1, -0.05) is 11.6 Å². The zero-order chi connectivity index (χ0) is 9.31. The molecular weight excluding hydrogens is 164 g/mol. The van der Waals surface area contributed by atoms with Gasteiger partial charge in [0.1, 0.15) is 5.60 Å². The fourth-order valence-electron chi connectivity index (χ4n) is 1.67. The minimum absolute atomic E-state index is 0.0430. The van der Waals surface area contributed by atoms with Crippen LogP contribution in [-0.4, -0.2) is 18.0 Å². The largest absolute Gasteiger partial charge is 0.362 e. The van der Waals surface area contributed by atoms with Crippen LogP contribution in [0.4, 0.5) is 0 Å². The van der Waals surface area contributed by atoms with Crippen molar-refractivity contribution in [3.63, 3.8) is 0 Å². The molecule has 0 unspecified atom stereocenters. The van der Waals surface area contributed by atoms with E-state index in [9.17, 15) is 4.79 Å². The minimum atomic E-state index is -0.341. The molecule has 0 radical (unpaired) electrons. The molecule has 0 amide bonds. The number of allylic oxidation sites excluding steroid dienone is 2.